The zero-order valence-corrected chi connectivity index (χ0v) is 16.3. The second kappa shape index (κ2) is 11.8. The molecule has 8 nitrogen and oxygen atoms in total. The molecule has 0 saturated carbocycles. The number of aliphatic carboxylic acids is 1. The van der Waals surface area contributed by atoms with Gasteiger partial charge in [0.2, 0.25) is 5.91 Å². The zero-order chi connectivity index (χ0) is 21.1. The summed E-state index contributed by atoms with van der Waals surface area (Å²) < 4.78 is 0. The fourth-order valence-corrected chi connectivity index (χ4v) is 3.02. The Bertz CT molecular complexity index is 730. The number of amides is 3. The first-order valence-corrected chi connectivity index (χ1v) is 9.77. The van der Waals surface area contributed by atoms with Crippen molar-refractivity contribution in [3.63, 3.8) is 0 Å². The molecule has 1 atom stereocenters. The highest BCUT2D eigenvalue weighted by Crippen LogP contribution is 2.07. The molecule has 1 aliphatic heterocycles. The van der Waals surface area contributed by atoms with Crippen LogP contribution in [0.3, 0.4) is 0 Å². The Morgan fingerprint density at radius 2 is 1.62 bits per heavy atom. The number of carbonyl (C=O) groups is 4. The normalized spacial score (nSPS) is 14.3. The molecule has 0 aliphatic carbocycles. The van der Waals surface area contributed by atoms with Crippen molar-refractivity contribution >= 4 is 23.7 Å². The summed E-state index contributed by atoms with van der Waals surface area (Å²) in [4.78, 5) is 47.4. The van der Waals surface area contributed by atoms with Crippen LogP contribution >= 0.6 is 0 Å². The molecule has 0 radical (unpaired) electrons. The van der Waals surface area contributed by atoms with E-state index in [0.717, 1.165) is 31.2 Å². The Morgan fingerprint density at radius 3 is 2.28 bits per heavy atom. The fraction of sp³-hybridized carbons (Fsp3) is 0.429. The number of unbranched alkanes of at least 4 members (excludes halogenated alkanes) is 3. The van der Waals surface area contributed by atoms with Crippen molar-refractivity contribution in [3.8, 4) is 0 Å². The fourth-order valence-electron chi connectivity index (χ4n) is 3.02. The number of carbonyl (C=O) groups excluding carboxylic acids is 3. The highest BCUT2D eigenvalue weighted by molar-refractivity contribution is 6.12. The van der Waals surface area contributed by atoms with E-state index in [2.05, 4.69) is 10.6 Å². The van der Waals surface area contributed by atoms with Crippen LogP contribution in [0.4, 0.5) is 0 Å². The smallest absolute Gasteiger partial charge is 0.326 e. The summed E-state index contributed by atoms with van der Waals surface area (Å²) in [6.45, 7) is 1.12. The third kappa shape index (κ3) is 7.87. The Labute approximate surface area is 170 Å². The first-order valence-electron chi connectivity index (χ1n) is 9.77. The average molecular weight is 401 g/mol. The molecular formula is C21H27N3O5. The van der Waals surface area contributed by atoms with E-state index in [9.17, 15) is 24.3 Å². The summed E-state index contributed by atoms with van der Waals surface area (Å²) in [5.41, 5.74) is 0.848. The van der Waals surface area contributed by atoms with Crippen molar-refractivity contribution in [3.05, 3.63) is 48.0 Å². The minimum Gasteiger partial charge on any atom is -0.480 e. The van der Waals surface area contributed by atoms with E-state index in [1.54, 1.807) is 0 Å². The Balaban J connectivity index is 1.54. The SMILES string of the molecule is O=C(CNCCCCCCN1C(=O)C=CC1=O)N[C@@H](Cc1ccccc1)C(=O)O. The van der Waals surface area contributed by atoms with Gasteiger partial charge in [-0.2, -0.15) is 0 Å². The van der Waals surface area contributed by atoms with Crippen molar-refractivity contribution in [1.29, 1.82) is 0 Å². The lowest BCUT2D eigenvalue weighted by Crippen LogP contribution is -2.45. The van der Waals surface area contributed by atoms with E-state index in [0.29, 0.717) is 13.1 Å². The first-order chi connectivity index (χ1) is 14.0. The van der Waals surface area contributed by atoms with Crippen molar-refractivity contribution in [2.75, 3.05) is 19.6 Å². The van der Waals surface area contributed by atoms with E-state index in [4.69, 9.17) is 0 Å². The first kappa shape index (κ1) is 22.3. The van der Waals surface area contributed by atoms with Gasteiger partial charge in [0.25, 0.3) is 11.8 Å². The molecule has 1 aliphatic rings. The van der Waals surface area contributed by atoms with Gasteiger partial charge < -0.3 is 15.7 Å². The molecule has 0 unspecified atom stereocenters. The van der Waals surface area contributed by atoms with Gasteiger partial charge in [-0.1, -0.05) is 43.2 Å². The number of nitrogens with one attached hydrogen (secondary N) is 2. The lowest BCUT2D eigenvalue weighted by Gasteiger charge is -2.15. The van der Waals surface area contributed by atoms with E-state index in [-0.39, 0.29) is 30.7 Å². The highest BCUT2D eigenvalue weighted by atomic mass is 16.4. The lowest BCUT2D eigenvalue weighted by atomic mass is 10.1. The van der Waals surface area contributed by atoms with Crippen molar-refractivity contribution < 1.29 is 24.3 Å². The van der Waals surface area contributed by atoms with E-state index >= 15 is 0 Å². The van der Waals surface area contributed by atoms with Gasteiger partial charge in [-0.15, -0.1) is 0 Å². The van der Waals surface area contributed by atoms with Gasteiger partial charge in [0.05, 0.1) is 6.54 Å². The summed E-state index contributed by atoms with van der Waals surface area (Å²) in [6.07, 6.45) is 6.18. The van der Waals surface area contributed by atoms with Crippen LogP contribution in [-0.2, 0) is 25.6 Å². The molecule has 0 spiro atoms. The Hall–Kier alpha value is -3.00. The largest absolute Gasteiger partial charge is 0.480 e. The number of hydrogen-bond donors (Lipinski definition) is 3. The van der Waals surface area contributed by atoms with Crippen LogP contribution < -0.4 is 10.6 Å². The molecule has 3 N–H and O–H groups in total. The molecule has 2 rings (SSSR count). The third-order valence-corrected chi connectivity index (χ3v) is 4.59. The molecule has 1 aromatic rings. The number of carboxylic acid groups (broad SMARTS) is 1. The van der Waals surface area contributed by atoms with Crippen LogP contribution in [0.25, 0.3) is 0 Å². The quantitative estimate of drug-likeness (QED) is 0.334. The van der Waals surface area contributed by atoms with Gasteiger partial charge in [0.15, 0.2) is 0 Å². The van der Waals surface area contributed by atoms with Crippen LogP contribution in [0.5, 0.6) is 0 Å². The molecule has 1 heterocycles. The second-order valence-corrected chi connectivity index (χ2v) is 6.90. The van der Waals surface area contributed by atoms with Crippen LogP contribution in [0.1, 0.15) is 31.2 Å². The Morgan fingerprint density at radius 1 is 0.966 bits per heavy atom. The third-order valence-electron chi connectivity index (χ3n) is 4.59. The molecule has 0 fully saturated rings. The van der Waals surface area contributed by atoms with Crippen LogP contribution in [0.2, 0.25) is 0 Å². The standard InChI is InChI=1S/C21H27N3O5/c25-18(23-17(21(28)29)14-16-8-4-3-5-9-16)15-22-12-6-1-2-7-13-24-19(26)10-11-20(24)27/h3-5,8-11,17,22H,1-2,6-7,12-15H2,(H,23,25)(H,28,29)/t17-/m0/s1. The molecule has 1 aromatic carbocycles. The van der Waals surface area contributed by atoms with Crippen molar-refractivity contribution in [2.45, 2.75) is 38.1 Å². The second-order valence-electron chi connectivity index (χ2n) is 6.90. The van der Waals surface area contributed by atoms with Gasteiger partial charge in [0, 0.05) is 25.1 Å². The molecule has 0 bridgehead atoms. The minimum absolute atomic E-state index is 0.0566. The van der Waals surface area contributed by atoms with Crippen LogP contribution in [-0.4, -0.2) is 59.4 Å². The number of rotatable bonds is 13. The lowest BCUT2D eigenvalue weighted by molar-refractivity contribution is -0.141. The van der Waals surface area contributed by atoms with E-state index in [1.807, 2.05) is 30.3 Å². The van der Waals surface area contributed by atoms with Gasteiger partial charge in [-0.05, 0) is 24.9 Å². The number of benzene rings is 1. The number of hydrogen-bond acceptors (Lipinski definition) is 5. The number of carboxylic acids is 1. The molecule has 29 heavy (non-hydrogen) atoms. The number of nitrogens with zero attached hydrogens (tertiary/aromatic N) is 1. The summed E-state index contributed by atoms with van der Waals surface area (Å²) in [6, 6.07) is 8.20. The van der Waals surface area contributed by atoms with Crippen LogP contribution in [0, 0.1) is 0 Å². The minimum atomic E-state index is -1.06. The maximum atomic E-state index is 12.0. The van der Waals surface area contributed by atoms with Gasteiger partial charge in [0.1, 0.15) is 6.04 Å². The van der Waals surface area contributed by atoms with Crippen LogP contribution in [0.15, 0.2) is 42.5 Å². The molecule has 0 saturated heterocycles. The maximum Gasteiger partial charge on any atom is 0.326 e. The summed E-state index contributed by atoms with van der Waals surface area (Å²) in [7, 11) is 0. The van der Waals surface area contributed by atoms with Crippen molar-refractivity contribution in [2.24, 2.45) is 0 Å². The molecule has 0 aromatic heterocycles. The highest BCUT2D eigenvalue weighted by Gasteiger charge is 2.22. The van der Waals surface area contributed by atoms with Gasteiger partial charge in [-0.25, -0.2) is 4.79 Å². The van der Waals surface area contributed by atoms with Crippen molar-refractivity contribution in [1.82, 2.24) is 15.5 Å². The van der Waals surface area contributed by atoms with E-state index in [1.165, 1.54) is 17.1 Å². The maximum absolute atomic E-state index is 12.0. The molecule has 3 amide bonds. The monoisotopic (exact) mass is 401 g/mol. The molecule has 8 heteroatoms. The summed E-state index contributed by atoms with van der Waals surface area (Å²) >= 11 is 0. The summed E-state index contributed by atoms with van der Waals surface area (Å²) in [5.74, 6) is -1.93. The molecular weight excluding hydrogens is 374 g/mol. The topological polar surface area (TPSA) is 116 Å². The zero-order valence-electron chi connectivity index (χ0n) is 16.3. The van der Waals surface area contributed by atoms with E-state index < -0.39 is 12.0 Å². The van der Waals surface area contributed by atoms with Gasteiger partial charge >= 0.3 is 5.97 Å². The molecule has 156 valence electrons. The predicted molar refractivity (Wildman–Crippen MR) is 107 cm³/mol. The predicted octanol–water partition coefficient (Wildman–Crippen LogP) is 0.874. The Kier molecular flexibility index (Phi) is 9.04. The average Bonchev–Trinajstić information content (AvgIpc) is 3.02. The number of imide groups is 1. The van der Waals surface area contributed by atoms with Gasteiger partial charge in [-0.3, -0.25) is 19.3 Å². The summed E-state index contributed by atoms with van der Waals surface area (Å²) in [5, 5.41) is 14.8.